The molecule has 2 rings (SSSR count). The van der Waals surface area contributed by atoms with Crippen LogP contribution in [0.15, 0.2) is 36.4 Å². The van der Waals surface area contributed by atoms with Crippen molar-refractivity contribution in [2.75, 3.05) is 5.32 Å². The predicted octanol–water partition coefficient (Wildman–Crippen LogP) is 6.05. The maximum atomic E-state index is 13.0. The number of halogens is 3. The van der Waals surface area contributed by atoms with Gasteiger partial charge in [0.05, 0.1) is 10.6 Å². The zero-order valence-corrected chi connectivity index (χ0v) is 15.1. The molecule has 0 heterocycles. The number of thiocarbonyl (C=S) groups is 1. The van der Waals surface area contributed by atoms with Gasteiger partial charge in [-0.25, -0.2) is 0 Å². The lowest BCUT2D eigenvalue weighted by molar-refractivity contribution is -0.137. The van der Waals surface area contributed by atoms with Crippen LogP contribution in [-0.2, 0) is 12.8 Å². The van der Waals surface area contributed by atoms with Gasteiger partial charge in [0, 0.05) is 11.3 Å². The minimum absolute atomic E-state index is 0.150. The lowest BCUT2D eigenvalue weighted by Gasteiger charge is -2.16. The molecule has 0 aliphatic carbocycles. The van der Waals surface area contributed by atoms with Gasteiger partial charge in [-0.1, -0.05) is 42.9 Å². The molecule has 0 spiro atoms. The van der Waals surface area contributed by atoms with Gasteiger partial charge in [-0.15, -0.1) is 0 Å². The van der Waals surface area contributed by atoms with E-state index in [-0.39, 0.29) is 6.61 Å². The van der Waals surface area contributed by atoms with Crippen molar-refractivity contribution in [1.29, 1.82) is 0 Å². The summed E-state index contributed by atoms with van der Waals surface area (Å²) in [5, 5.41) is 2.88. The Morgan fingerprint density at radius 3 is 2.44 bits per heavy atom. The first-order chi connectivity index (χ1) is 11.7. The van der Waals surface area contributed by atoms with E-state index in [1.54, 1.807) is 0 Å². The van der Waals surface area contributed by atoms with Crippen LogP contribution in [0.2, 0.25) is 0 Å². The van der Waals surface area contributed by atoms with E-state index in [2.05, 4.69) is 5.32 Å². The minimum atomic E-state index is -4.41. The number of hydrogen-bond acceptors (Lipinski definition) is 2. The van der Waals surface area contributed by atoms with E-state index in [1.807, 2.05) is 39.0 Å². The molecule has 0 aliphatic heterocycles. The van der Waals surface area contributed by atoms with Crippen molar-refractivity contribution in [3.05, 3.63) is 58.7 Å². The molecule has 0 unspecified atom stereocenters. The molecule has 0 aromatic heterocycles. The van der Waals surface area contributed by atoms with E-state index in [0.29, 0.717) is 28.4 Å². The van der Waals surface area contributed by atoms with E-state index in [4.69, 9.17) is 17.0 Å². The zero-order valence-electron chi connectivity index (χ0n) is 14.3. The van der Waals surface area contributed by atoms with Crippen LogP contribution in [0.1, 0.15) is 35.6 Å². The third-order valence-corrected chi connectivity index (χ3v) is 4.14. The Morgan fingerprint density at radius 2 is 1.84 bits per heavy atom. The number of alkyl halides is 3. The Hall–Kier alpha value is -2.08. The van der Waals surface area contributed by atoms with Crippen molar-refractivity contribution in [2.45, 2.75) is 40.0 Å². The minimum Gasteiger partial charge on any atom is -0.489 e. The van der Waals surface area contributed by atoms with E-state index < -0.39 is 11.7 Å². The van der Waals surface area contributed by atoms with E-state index >= 15 is 0 Å². The topological polar surface area (TPSA) is 21.3 Å². The number of hydrogen-bond donors (Lipinski definition) is 1. The summed E-state index contributed by atoms with van der Waals surface area (Å²) in [5.41, 5.74) is 2.32. The van der Waals surface area contributed by atoms with Crippen LogP contribution in [0.4, 0.5) is 18.9 Å². The molecule has 134 valence electrons. The number of nitrogens with one attached hydrogen (secondary N) is 1. The van der Waals surface area contributed by atoms with Crippen LogP contribution in [0.3, 0.4) is 0 Å². The van der Waals surface area contributed by atoms with E-state index in [0.717, 1.165) is 23.3 Å². The van der Waals surface area contributed by atoms with Crippen LogP contribution >= 0.6 is 12.2 Å². The molecule has 1 N–H and O–H groups in total. The summed E-state index contributed by atoms with van der Waals surface area (Å²) in [6.45, 7) is 5.91. The van der Waals surface area contributed by atoms with E-state index in [1.165, 1.54) is 6.07 Å². The number of anilines is 1. The molecule has 2 nitrogen and oxygen atoms in total. The highest BCUT2D eigenvalue weighted by molar-refractivity contribution is 7.80. The van der Waals surface area contributed by atoms with Crippen LogP contribution in [-0.4, -0.2) is 4.99 Å². The normalized spacial score (nSPS) is 11.3. The molecule has 0 fully saturated rings. The number of rotatable bonds is 5. The van der Waals surface area contributed by atoms with Crippen LogP contribution < -0.4 is 10.1 Å². The largest absolute Gasteiger partial charge is 0.489 e. The first kappa shape index (κ1) is 19.2. The Bertz CT molecular complexity index is 772. The highest BCUT2D eigenvalue weighted by Crippen LogP contribution is 2.33. The monoisotopic (exact) mass is 367 g/mol. The first-order valence-electron chi connectivity index (χ1n) is 7.90. The average molecular weight is 367 g/mol. The zero-order chi connectivity index (χ0) is 18.6. The van der Waals surface area contributed by atoms with E-state index in [9.17, 15) is 13.2 Å². The fraction of sp³-hybridized carbons (Fsp3) is 0.316. The molecule has 0 saturated heterocycles. The maximum Gasteiger partial charge on any atom is 0.416 e. The lowest BCUT2D eigenvalue weighted by atomic mass is 10.1. The third-order valence-electron chi connectivity index (χ3n) is 3.75. The lowest BCUT2D eigenvalue weighted by Crippen LogP contribution is -2.13. The predicted molar refractivity (Wildman–Crippen MR) is 98.2 cm³/mol. The van der Waals surface area contributed by atoms with Gasteiger partial charge in [0.1, 0.15) is 12.4 Å². The molecule has 25 heavy (non-hydrogen) atoms. The van der Waals surface area contributed by atoms with Gasteiger partial charge >= 0.3 is 6.18 Å². The van der Waals surface area contributed by atoms with Gasteiger partial charge in [0.15, 0.2) is 0 Å². The summed E-state index contributed by atoms with van der Waals surface area (Å²) >= 11 is 5.11. The standard InChI is InChI=1S/C19H20F3NOS/c1-4-18(25)23-16-10-15(19(20,21)22)7-6-14(16)11-24-17-8-5-12(2)9-13(17)3/h5-10H,4,11H2,1-3H3,(H,23,25). The van der Waals surface area contributed by atoms with Crippen molar-refractivity contribution in [3.63, 3.8) is 0 Å². The summed E-state index contributed by atoms with van der Waals surface area (Å²) < 4.78 is 44.7. The molecule has 0 saturated carbocycles. The molecule has 0 amide bonds. The number of benzene rings is 2. The smallest absolute Gasteiger partial charge is 0.416 e. The molecule has 0 bridgehead atoms. The molecule has 0 atom stereocenters. The van der Waals surface area contributed by atoms with Gasteiger partial charge in [-0.05, 0) is 44.0 Å². The van der Waals surface area contributed by atoms with Gasteiger partial charge in [0.2, 0.25) is 0 Å². The molecule has 2 aromatic carbocycles. The van der Waals surface area contributed by atoms with Crippen molar-refractivity contribution in [1.82, 2.24) is 0 Å². The fourth-order valence-corrected chi connectivity index (χ4v) is 2.46. The molecular formula is C19H20F3NOS. The van der Waals surface area contributed by atoms with Crippen LogP contribution in [0, 0.1) is 13.8 Å². The Morgan fingerprint density at radius 1 is 1.12 bits per heavy atom. The summed E-state index contributed by atoms with van der Waals surface area (Å²) in [7, 11) is 0. The van der Waals surface area contributed by atoms with Crippen molar-refractivity contribution in [3.8, 4) is 5.75 Å². The van der Waals surface area contributed by atoms with Crippen molar-refractivity contribution >= 4 is 22.9 Å². The summed E-state index contributed by atoms with van der Waals surface area (Å²) in [4.78, 5) is 0.479. The summed E-state index contributed by atoms with van der Waals surface area (Å²) in [6, 6.07) is 9.34. The summed E-state index contributed by atoms with van der Waals surface area (Å²) in [6.07, 6.45) is -3.86. The third kappa shape index (κ3) is 5.19. The van der Waals surface area contributed by atoms with Gasteiger partial charge in [-0.3, -0.25) is 0 Å². The SMILES string of the molecule is CCC(=S)Nc1cc(C(F)(F)F)ccc1COc1ccc(C)cc1C. The van der Waals surface area contributed by atoms with Gasteiger partial charge in [-0.2, -0.15) is 13.2 Å². The first-order valence-corrected chi connectivity index (χ1v) is 8.31. The second kappa shape index (κ2) is 7.87. The van der Waals surface area contributed by atoms with Crippen LogP contribution in [0.5, 0.6) is 5.75 Å². The molecule has 0 aliphatic rings. The second-order valence-corrected chi connectivity index (χ2v) is 6.32. The van der Waals surface area contributed by atoms with Crippen LogP contribution in [0.25, 0.3) is 0 Å². The van der Waals surface area contributed by atoms with Gasteiger partial charge < -0.3 is 10.1 Å². The highest BCUT2D eigenvalue weighted by atomic mass is 32.1. The number of aryl methyl sites for hydroxylation is 2. The Kier molecular flexibility index (Phi) is 6.06. The molecular weight excluding hydrogens is 347 g/mol. The molecule has 0 radical (unpaired) electrons. The van der Waals surface area contributed by atoms with Crippen molar-refractivity contribution < 1.29 is 17.9 Å². The Labute approximate surface area is 151 Å². The quantitative estimate of drug-likeness (QED) is 0.650. The molecule has 6 heteroatoms. The van der Waals surface area contributed by atoms with Gasteiger partial charge in [0.25, 0.3) is 0 Å². The maximum absolute atomic E-state index is 13.0. The number of ether oxygens (including phenoxy) is 1. The highest BCUT2D eigenvalue weighted by Gasteiger charge is 2.31. The molecule has 2 aromatic rings. The Balaban J connectivity index is 2.27. The second-order valence-electron chi connectivity index (χ2n) is 5.83. The van der Waals surface area contributed by atoms with Crippen molar-refractivity contribution in [2.24, 2.45) is 0 Å². The average Bonchev–Trinajstić information content (AvgIpc) is 2.53. The fourth-order valence-electron chi connectivity index (χ4n) is 2.35. The summed E-state index contributed by atoms with van der Waals surface area (Å²) in [5.74, 6) is 0.703.